The van der Waals surface area contributed by atoms with Gasteiger partial charge in [-0.05, 0) is 20.3 Å². The molecule has 0 saturated carbocycles. The number of hydrogen-bond acceptors (Lipinski definition) is 1. The summed E-state index contributed by atoms with van der Waals surface area (Å²) in [7, 11) is 0. The summed E-state index contributed by atoms with van der Waals surface area (Å²) >= 11 is 0. The molecule has 1 unspecified atom stereocenters. The minimum absolute atomic E-state index is 0.378. The first kappa shape index (κ1) is 7.89. The molecule has 8 heavy (non-hydrogen) atoms. The van der Waals surface area contributed by atoms with E-state index in [0.29, 0.717) is 6.42 Å². The standard InChI is InChI=1S/C6H13FO/c1-4-5(7)6(2,3)8/h5,8H,4H2,1-3H3. The van der Waals surface area contributed by atoms with Crippen molar-refractivity contribution in [3.05, 3.63) is 0 Å². The highest BCUT2D eigenvalue weighted by Gasteiger charge is 2.23. The fourth-order valence-corrected chi connectivity index (χ4v) is 0.500. The second-order valence-electron chi connectivity index (χ2n) is 2.53. The Hall–Kier alpha value is -0.110. The number of aliphatic hydroxyl groups is 1. The highest BCUT2D eigenvalue weighted by atomic mass is 19.1. The molecule has 0 radical (unpaired) electrons. The normalized spacial score (nSPS) is 16.1. The van der Waals surface area contributed by atoms with E-state index in [2.05, 4.69) is 0 Å². The van der Waals surface area contributed by atoms with Crippen LogP contribution in [0, 0.1) is 0 Å². The van der Waals surface area contributed by atoms with Crippen LogP contribution >= 0.6 is 0 Å². The van der Waals surface area contributed by atoms with Crippen LogP contribution in [-0.4, -0.2) is 16.9 Å². The van der Waals surface area contributed by atoms with Gasteiger partial charge in [-0.1, -0.05) is 6.92 Å². The van der Waals surface area contributed by atoms with E-state index in [1.54, 1.807) is 6.92 Å². The second-order valence-corrected chi connectivity index (χ2v) is 2.53. The highest BCUT2D eigenvalue weighted by Crippen LogP contribution is 2.14. The third kappa shape index (κ3) is 2.26. The van der Waals surface area contributed by atoms with Gasteiger partial charge in [-0.25, -0.2) is 4.39 Å². The lowest BCUT2D eigenvalue weighted by Crippen LogP contribution is -2.31. The van der Waals surface area contributed by atoms with Gasteiger partial charge in [0.25, 0.3) is 0 Å². The lowest BCUT2D eigenvalue weighted by molar-refractivity contribution is -0.00437. The Labute approximate surface area is 49.5 Å². The van der Waals surface area contributed by atoms with Crippen molar-refractivity contribution in [2.75, 3.05) is 0 Å². The molecule has 50 valence electrons. The first-order chi connectivity index (χ1) is 3.48. The van der Waals surface area contributed by atoms with Crippen LogP contribution in [0.2, 0.25) is 0 Å². The molecule has 0 heterocycles. The second kappa shape index (κ2) is 2.44. The Balaban J connectivity index is 3.62. The average Bonchev–Trinajstić information content (AvgIpc) is 1.62. The molecule has 0 aliphatic carbocycles. The fourth-order valence-electron chi connectivity index (χ4n) is 0.500. The molecule has 0 fully saturated rings. The van der Waals surface area contributed by atoms with Crippen LogP contribution in [0.5, 0.6) is 0 Å². The summed E-state index contributed by atoms with van der Waals surface area (Å²) in [4.78, 5) is 0. The van der Waals surface area contributed by atoms with E-state index in [4.69, 9.17) is 5.11 Å². The number of hydrogen-bond donors (Lipinski definition) is 1. The van der Waals surface area contributed by atoms with Gasteiger partial charge in [-0.15, -0.1) is 0 Å². The van der Waals surface area contributed by atoms with Crippen molar-refractivity contribution in [3.63, 3.8) is 0 Å². The van der Waals surface area contributed by atoms with Crippen molar-refractivity contribution in [3.8, 4) is 0 Å². The fraction of sp³-hybridized carbons (Fsp3) is 1.00. The van der Waals surface area contributed by atoms with Crippen LogP contribution in [0.4, 0.5) is 4.39 Å². The summed E-state index contributed by atoms with van der Waals surface area (Å²) in [6.07, 6.45) is -0.716. The first-order valence-corrected chi connectivity index (χ1v) is 2.85. The molecule has 0 aromatic heterocycles. The largest absolute Gasteiger partial charge is 0.387 e. The van der Waals surface area contributed by atoms with Crippen molar-refractivity contribution >= 4 is 0 Å². The molecule has 1 N–H and O–H groups in total. The summed E-state index contributed by atoms with van der Waals surface area (Å²) in [5.74, 6) is 0. The van der Waals surface area contributed by atoms with Crippen molar-refractivity contribution in [2.45, 2.75) is 39.0 Å². The molecule has 0 aliphatic rings. The van der Waals surface area contributed by atoms with Gasteiger partial charge < -0.3 is 5.11 Å². The molecular formula is C6H13FO. The molecule has 0 amide bonds. The van der Waals surface area contributed by atoms with Crippen molar-refractivity contribution in [1.82, 2.24) is 0 Å². The van der Waals surface area contributed by atoms with Crippen LogP contribution in [0.25, 0.3) is 0 Å². The Kier molecular flexibility index (Phi) is 2.41. The van der Waals surface area contributed by atoms with Crippen LogP contribution in [-0.2, 0) is 0 Å². The van der Waals surface area contributed by atoms with Crippen LogP contribution in [0.1, 0.15) is 27.2 Å². The minimum Gasteiger partial charge on any atom is -0.387 e. The Morgan fingerprint density at radius 2 is 2.00 bits per heavy atom. The summed E-state index contributed by atoms with van der Waals surface area (Å²) in [5.41, 5.74) is -1.16. The lowest BCUT2D eigenvalue weighted by Gasteiger charge is -2.20. The third-order valence-corrected chi connectivity index (χ3v) is 1.12. The van der Waals surface area contributed by atoms with E-state index in [-0.39, 0.29) is 0 Å². The monoisotopic (exact) mass is 120 g/mol. The molecule has 1 atom stereocenters. The van der Waals surface area contributed by atoms with Crippen LogP contribution < -0.4 is 0 Å². The van der Waals surface area contributed by atoms with Gasteiger partial charge in [0.15, 0.2) is 0 Å². The quantitative estimate of drug-likeness (QED) is 0.585. The maximum Gasteiger partial charge on any atom is 0.128 e. The molecule has 0 saturated heterocycles. The minimum atomic E-state index is -1.16. The lowest BCUT2D eigenvalue weighted by atomic mass is 10.0. The number of halogens is 1. The Morgan fingerprint density at radius 1 is 1.62 bits per heavy atom. The van der Waals surface area contributed by atoms with Crippen LogP contribution in [0.3, 0.4) is 0 Å². The molecule has 2 heteroatoms. The molecule has 0 aromatic rings. The van der Waals surface area contributed by atoms with Gasteiger partial charge >= 0.3 is 0 Å². The number of rotatable bonds is 2. The zero-order valence-electron chi connectivity index (χ0n) is 5.61. The van der Waals surface area contributed by atoms with Crippen molar-refractivity contribution in [1.29, 1.82) is 0 Å². The van der Waals surface area contributed by atoms with Crippen molar-refractivity contribution < 1.29 is 9.50 Å². The molecular weight excluding hydrogens is 107 g/mol. The average molecular weight is 120 g/mol. The van der Waals surface area contributed by atoms with Gasteiger partial charge in [-0.3, -0.25) is 0 Å². The molecule has 0 rings (SSSR count). The van der Waals surface area contributed by atoms with E-state index < -0.39 is 11.8 Å². The zero-order valence-corrected chi connectivity index (χ0v) is 5.61. The summed E-state index contributed by atoms with van der Waals surface area (Å²) in [6.45, 7) is 4.66. The highest BCUT2D eigenvalue weighted by molar-refractivity contribution is 4.74. The van der Waals surface area contributed by atoms with E-state index in [9.17, 15) is 4.39 Å². The first-order valence-electron chi connectivity index (χ1n) is 2.85. The Bertz CT molecular complexity index is 65.4. The van der Waals surface area contributed by atoms with E-state index in [1.165, 1.54) is 13.8 Å². The predicted octanol–water partition coefficient (Wildman–Crippen LogP) is 1.51. The topological polar surface area (TPSA) is 20.2 Å². The van der Waals surface area contributed by atoms with Gasteiger partial charge in [0.2, 0.25) is 0 Å². The zero-order chi connectivity index (χ0) is 6.78. The SMILES string of the molecule is CCC(F)C(C)(C)O. The third-order valence-electron chi connectivity index (χ3n) is 1.12. The maximum atomic E-state index is 12.4. The molecule has 1 nitrogen and oxygen atoms in total. The van der Waals surface area contributed by atoms with E-state index in [0.717, 1.165) is 0 Å². The molecule has 0 aliphatic heterocycles. The van der Waals surface area contributed by atoms with Gasteiger partial charge in [0.05, 0.1) is 5.60 Å². The summed E-state index contributed by atoms with van der Waals surface area (Å²) < 4.78 is 12.4. The summed E-state index contributed by atoms with van der Waals surface area (Å²) in [5, 5.41) is 8.91. The predicted molar refractivity (Wildman–Crippen MR) is 31.5 cm³/mol. The van der Waals surface area contributed by atoms with Gasteiger partial charge in [0.1, 0.15) is 6.17 Å². The number of alkyl halides is 1. The molecule has 0 aromatic carbocycles. The smallest absolute Gasteiger partial charge is 0.128 e. The van der Waals surface area contributed by atoms with Crippen molar-refractivity contribution in [2.24, 2.45) is 0 Å². The van der Waals surface area contributed by atoms with Gasteiger partial charge in [-0.2, -0.15) is 0 Å². The molecule has 0 spiro atoms. The summed E-state index contributed by atoms with van der Waals surface area (Å²) in [6, 6.07) is 0. The maximum absolute atomic E-state index is 12.4. The Morgan fingerprint density at radius 3 is 2.00 bits per heavy atom. The van der Waals surface area contributed by atoms with E-state index >= 15 is 0 Å². The van der Waals surface area contributed by atoms with Gasteiger partial charge in [0, 0.05) is 0 Å². The van der Waals surface area contributed by atoms with Crippen LogP contribution in [0.15, 0.2) is 0 Å². The van der Waals surface area contributed by atoms with E-state index in [1.807, 2.05) is 0 Å². The molecule has 0 bridgehead atoms.